The van der Waals surface area contributed by atoms with Gasteiger partial charge in [-0.2, -0.15) is 0 Å². The number of halogens is 3. The van der Waals surface area contributed by atoms with E-state index in [1.807, 2.05) is 32.9 Å². The molecule has 0 fully saturated rings. The van der Waals surface area contributed by atoms with Crippen molar-refractivity contribution in [1.82, 2.24) is 4.90 Å². The van der Waals surface area contributed by atoms with E-state index in [0.717, 1.165) is 11.1 Å². The Morgan fingerprint density at radius 3 is 2.24 bits per heavy atom. The van der Waals surface area contributed by atoms with Gasteiger partial charge in [0.05, 0.1) is 6.54 Å². The Balaban J connectivity index is 3.11. The van der Waals surface area contributed by atoms with Crippen LogP contribution in [-0.2, 0) is 11.3 Å². The molecule has 1 aromatic rings. The zero-order valence-corrected chi connectivity index (χ0v) is 14.1. The third-order valence-electron chi connectivity index (χ3n) is 2.89. The first-order chi connectivity index (χ1) is 9.52. The maximum absolute atomic E-state index is 11.9. The van der Waals surface area contributed by atoms with E-state index in [1.54, 1.807) is 6.07 Å². The molecule has 1 N–H and O–H groups in total. The molecule has 0 aliphatic heterocycles. The number of imide groups is 1. The summed E-state index contributed by atoms with van der Waals surface area (Å²) in [4.78, 5) is 23.6. The van der Waals surface area contributed by atoms with E-state index in [2.05, 4.69) is 0 Å². The fraction of sp³-hybridized carbons (Fsp3) is 0.429. The molecule has 116 valence electrons. The van der Waals surface area contributed by atoms with Crippen LogP contribution in [0.25, 0.3) is 0 Å². The van der Waals surface area contributed by atoms with Gasteiger partial charge in [0.2, 0.25) is 0 Å². The number of aryl methyl sites for hydroxylation is 1. The van der Waals surface area contributed by atoms with Gasteiger partial charge in [0.1, 0.15) is 0 Å². The minimum Gasteiger partial charge on any atom is -0.465 e. The second kappa shape index (κ2) is 6.86. The summed E-state index contributed by atoms with van der Waals surface area (Å²) in [5.74, 6) is -0.807. The highest BCUT2D eigenvalue weighted by Crippen LogP contribution is 2.29. The van der Waals surface area contributed by atoms with Gasteiger partial charge in [-0.3, -0.25) is 4.79 Å². The van der Waals surface area contributed by atoms with E-state index in [0.29, 0.717) is 10.5 Å². The molecule has 0 spiro atoms. The average Bonchev–Trinajstić information content (AvgIpc) is 2.32. The molecular weight excluding hydrogens is 337 g/mol. The number of carbonyl (C=O) groups is 2. The van der Waals surface area contributed by atoms with Crippen molar-refractivity contribution in [3.05, 3.63) is 34.9 Å². The lowest BCUT2D eigenvalue weighted by Gasteiger charge is -2.22. The standard InChI is InChI=1S/C14H16Cl3NO3/c1-8(2)11-5-9(3)4-10(6-11)7-18(13(20)21)12(19)14(15,16)17/h4-6,8H,7H2,1-3H3,(H,20,21). The van der Waals surface area contributed by atoms with Crippen molar-refractivity contribution in [1.29, 1.82) is 0 Å². The van der Waals surface area contributed by atoms with Crippen molar-refractivity contribution in [3.63, 3.8) is 0 Å². The molecule has 21 heavy (non-hydrogen) atoms. The molecule has 1 rings (SSSR count). The second-order valence-corrected chi connectivity index (χ2v) is 7.36. The Morgan fingerprint density at radius 2 is 1.81 bits per heavy atom. The Hall–Kier alpha value is -0.970. The van der Waals surface area contributed by atoms with E-state index in [1.165, 1.54) is 0 Å². The number of carbonyl (C=O) groups excluding carboxylic acids is 1. The van der Waals surface area contributed by atoms with Crippen LogP contribution in [0.3, 0.4) is 0 Å². The number of benzene rings is 1. The lowest BCUT2D eigenvalue weighted by molar-refractivity contribution is -0.128. The molecule has 0 atom stereocenters. The first kappa shape index (κ1) is 18.1. The van der Waals surface area contributed by atoms with Crippen LogP contribution in [0.2, 0.25) is 0 Å². The summed E-state index contributed by atoms with van der Waals surface area (Å²) < 4.78 is -2.30. The van der Waals surface area contributed by atoms with Crippen LogP contribution in [0.15, 0.2) is 18.2 Å². The zero-order valence-electron chi connectivity index (χ0n) is 11.9. The third-order valence-corrected chi connectivity index (χ3v) is 3.37. The summed E-state index contributed by atoms with van der Waals surface area (Å²) in [6.07, 6.45) is -1.46. The number of hydrogen-bond donors (Lipinski definition) is 1. The van der Waals surface area contributed by atoms with Gasteiger partial charge < -0.3 is 5.11 Å². The predicted molar refractivity (Wildman–Crippen MR) is 84.1 cm³/mol. The molecule has 4 nitrogen and oxygen atoms in total. The Morgan fingerprint density at radius 1 is 1.24 bits per heavy atom. The molecule has 0 heterocycles. The number of alkyl halides is 3. The van der Waals surface area contributed by atoms with Gasteiger partial charge >= 0.3 is 6.09 Å². The van der Waals surface area contributed by atoms with E-state index in [9.17, 15) is 9.59 Å². The summed E-state index contributed by atoms with van der Waals surface area (Å²) in [6.45, 7) is 5.79. The van der Waals surface area contributed by atoms with Crippen molar-refractivity contribution in [2.45, 2.75) is 37.0 Å². The van der Waals surface area contributed by atoms with Crippen LogP contribution in [0, 0.1) is 6.92 Å². The van der Waals surface area contributed by atoms with Crippen LogP contribution in [0.5, 0.6) is 0 Å². The molecule has 0 saturated carbocycles. The van der Waals surface area contributed by atoms with Gasteiger partial charge in [-0.25, -0.2) is 9.69 Å². The fourth-order valence-corrected chi connectivity index (χ4v) is 2.19. The van der Waals surface area contributed by atoms with Gasteiger partial charge in [0.15, 0.2) is 0 Å². The lowest BCUT2D eigenvalue weighted by Crippen LogP contribution is -2.42. The predicted octanol–water partition coefficient (Wildman–Crippen LogP) is 4.50. The topological polar surface area (TPSA) is 57.6 Å². The monoisotopic (exact) mass is 351 g/mol. The average molecular weight is 353 g/mol. The van der Waals surface area contributed by atoms with Crippen LogP contribution in [0.4, 0.5) is 4.79 Å². The summed E-state index contributed by atoms with van der Waals surface area (Å²) in [6, 6.07) is 5.66. The fourth-order valence-electron chi connectivity index (χ4n) is 1.88. The van der Waals surface area contributed by atoms with Gasteiger partial charge in [0, 0.05) is 0 Å². The summed E-state index contributed by atoms with van der Waals surface area (Å²) in [5, 5.41) is 9.15. The van der Waals surface area contributed by atoms with Gasteiger partial charge in [-0.1, -0.05) is 72.4 Å². The smallest absolute Gasteiger partial charge is 0.414 e. The molecular formula is C14H16Cl3NO3. The van der Waals surface area contributed by atoms with Crippen LogP contribution in [-0.4, -0.2) is 25.8 Å². The molecule has 0 aliphatic carbocycles. The molecule has 0 aliphatic rings. The van der Waals surface area contributed by atoms with Crippen LogP contribution >= 0.6 is 34.8 Å². The van der Waals surface area contributed by atoms with E-state index in [-0.39, 0.29) is 12.5 Å². The number of nitrogens with zero attached hydrogens (tertiary/aromatic N) is 1. The number of amides is 2. The first-order valence-electron chi connectivity index (χ1n) is 6.24. The minimum absolute atomic E-state index is 0.163. The third kappa shape index (κ3) is 5.06. The first-order valence-corrected chi connectivity index (χ1v) is 7.38. The molecule has 0 saturated heterocycles. The highest BCUT2D eigenvalue weighted by molar-refractivity contribution is 6.76. The molecule has 7 heteroatoms. The maximum atomic E-state index is 11.9. The SMILES string of the molecule is Cc1cc(CN(C(=O)O)C(=O)C(Cl)(Cl)Cl)cc(C(C)C)c1. The Kier molecular flexibility index (Phi) is 5.91. The maximum Gasteiger partial charge on any atom is 0.414 e. The second-order valence-electron chi connectivity index (χ2n) is 5.08. The van der Waals surface area contributed by atoms with Crippen LogP contribution in [0.1, 0.15) is 36.5 Å². The van der Waals surface area contributed by atoms with E-state index in [4.69, 9.17) is 39.9 Å². The van der Waals surface area contributed by atoms with Gasteiger partial charge in [0.25, 0.3) is 9.70 Å². The van der Waals surface area contributed by atoms with Crippen molar-refractivity contribution < 1.29 is 14.7 Å². The van der Waals surface area contributed by atoms with E-state index >= 15 is 0 Å². The summed E-state index contributed by atoms with van der Waals surface area (Å²) >= 11 is 16.4. The van der Waals surface area contributed by atoms with Crippen molar-refractivity contribution in [2.75, 3.05) is 0 Å². The molecule has 0 aromatic heterocycles. The van der Waals surface area contributed by atoms with Crippen molar-refractivity contribution in [2.24, 2.45) is 0 Å². The molecule has 1 aromatic carbocycles. The largest absolute Gasteiger partial charge is 0.465 e. The Labute approximate surface area is 138 Å². The van der Waals surface area contributed by atoms with Crippen molar-refractivity contribution >= 4 is 46.8 Å². The molecule has 0 radical (unpaired) electrons. The zero-order chi connectivity index (χ0) is 16.4. The Bertz CT molecular complexity index is 553. The van der Waals surface area contributed by atoms with Crippen molar-refractivity contribution in [3.8, 4) is 0 Å². The quantitative estimate of drug-likeness (QED) is 0.815. The molecule has 0 bridgehead atoms. The number of carboxylic acid groups (broad SMARTS) is 1. The van der Waals surface area contributed by atoms with Gasteiger partial charge in [-0.15, -0.1) is 0 Å². The summed E-state index contributed by atoms with van der Waals surface area (Å²) in [5.41, 5.74) is 2.70. The molecule has 2 amide bonds. The lowest BCUT2D eigenvalue weighted by atomic mass is 9.98. The molecule has 0 unspecified atom stereocenters. The van der Waals surface area contributed by atoms with Gasteiger partial charge in [-0.05, 0) is 24.0 Å². The van der Waals surface area contributed by atoms with E-state index < -0.39 is 15.8 Å². The minimum atomic E-state index is -2.30. The highest BCUT2D eigenvalue weighted by atomic mass is 35.6. The highest BCUT2D eigenvalue weighted by Gasteiger charge is 2.38. The van der Waals surface area contributed by atoms with Crippen LogP contribution < -0.4 is 0 Å². The normalized spacial score (nSPS) is 11.6. The number of hydrogen-bond acceptors (Lipinski definition) is 2. The number of rotatable bonds is 3. The summed E-state index contributed by atoms with van der Waals surface area (Å²) in [7, 11) is 0.